The van der Waals surface area contributed by atoms with Gasteiger partial charge in [-0.05, 0) is 30.9 Å². The van der Waals surface area contributed by atoms with E-state index in [0.29, 0.717) is 0 Å². The number of fused-ring (bicyclic) bond motifs is 1. The molecule has 1 aliphatic carbocycles. The molecule has 2 aromatic rings. The van der Waals surface area contributed by atoms with Crippen LogP contribution in [-0.2, 0) is 0 Å². The van der Waals surface area contributed by atoms with Crippen LogP contribution in [0.15, 0.2) is 36.5 Å². The second-order valence-electron chi connectivity index (χ2n) is 4.24. The molecule has 1 aromatic heterocycles. The molecule has 0 saturated heterocycles. The van der Waals surface area contributed by atoms with E-state index < -0.39 is 0 Å². The van der Waals surface area contributed by atoms with Crippen LogP contribution >= 0.6 is 0 Å². The molecule has 0 unspecified atom stereocenters. The highest BCUT2D eigenvalue weighted by molar-refractivity contribution is 5.81. The average Bonchev–Trinajstić information content (AvgIpc) is 3.10. The van der Waals surface area contributed by atoms with Gasteiger partial charge in [0.2, 0.25) is 0 Å². The minimum absolute atomic E-state index is 0.900. The van der Waals surface area contributed by atoms with Crippen molar-refractivity contribution in [3.8, 4) is 0 Å². The topological polar surface area (TPSA) is 24.9 Å². The van der Waals surface area contributed by atoms with Gasteiger partial charge >= 0.3 is 0 Å². The molecule has 0 spiro atoms. The van der Waals surface area contributed by atoms with Crippen LogP contribution in [0.5, 0.6) is 0 Å². The highest BCUT2D eigenvalue weighted by Crippen LogP contribution is 2.29. The van der Waals surface area contributed by atoms with Crippen LogP contribution in [0, 0.1) is 5.92 Å². The Kier molecular flexibility index (Phi) is 2.05. The summed E-state index contributed by atoms with van der Waals surface area (Å²) < 4.78 is 0. The van der Waals surface area contributed by atoms with E-state index in [1.54, 1.807) is 0 Å². The Morgan fingerprint density at radius 2 is 2.13 bits per heavy atom. The third-order valence-corrected chi connectivity index (χ3v) is 2.88. The Morgan fingerprint density at radius 3 is 3.00 bits per heavy atom. The lowest BCUT2D eigenvalue weighted by Crippen LogP contribution is -2.03. The van der Waals surface area contributed by atoms with Crippen molar-refractivity contribution in [3.05, 3.63) is 36.5 Å². The number of hydrogen-bond donors (Lipinski definition) is 1. The summed E-state index contributed by atoms with van der Waals surface area (Å²) in [5.41, 5.74) is 2.20. The molecular weight excluding hydrogens is 184 g/mol. The van der Waals surface area contributed by atoms with Crippen LogP contribution in [-0.4, -0.2) is 11.5 Å². The van der Waals surface area contributed by atoms with Crippen molar-refractivity contribution in [1.29, 1.82) is 0 Å². The van der Waals surface area contributed by atoms with E-state index in [2.05, 4.69) is 28.5 Å². The van der Waals surface area contributed by atoms with E-state index in [-0.39, 0.29) is 0 Å². The quantitative estimate of drug-likeness (QED) is 0.819. The number of para-hydroxylation sites is 1. The molecule has 0 aliphatic heterocycles. The molecule has 0 atom stereocenters. The summed E-state index contributed by atoms with van der Waals surface area (Å²) in [5.74, 6) is 0.900. The van der Waals surface area contributed by atoms with Gasteiger partial charge in [0.1, 0.15) is 0 Å². The first-order valence-corrected chi connectivity index (χ1v) is 5.50. The van der Waals surface area contributed by atoms with Crippen molar-refractivity contribution in [3.63, 3.8) is 0 Å². The van der Waals surface area contributed by atoms with E-state index in [1.807, 2.05) is 18.3 Å². The molecule has 0 radical (unpaired) electrons. The minimum Gasteiger partial charge on any atom is -0.384 e. The SMILES string of the molecule is c1ccc2ncc(NCC3CC3)cc2c1. The molecule has 1 heterocycles. The molecule has 1 fully saturated rings. The zero-order chi connectivity index (χ0) is 10.1. The van der Waals surface area contributed by atoms with Gasteiger partial charge in [0.15, 0.2) is 0 Å². The number of pyridine rings is 1. The number of rotatable bonds is 3. The van der Waals surface area contributed by atoms with Crippen molar-refractivity contribution in [2.24, 2.45) is 5.92 Å². The largest absolute Gasteiger partial charge is 0.384 e. The summed E-state index contributed by atoms with van der Waals surface area (Å²) in [6.07, 6.45) is 4.69. The molecule has 0 bridgehead atoms. The first kappa shape index (κ1) is 8.72. The number of anilines is 1. The minimum atomic E-state index is 0.900. The molecule has 1 saturated carbocycles. The van der Waals surface area contributed by atoms with Gasteiger partial charge < -0.3 is 5.32 Å². The third kappa shape index (κ3) is 1.94. The molecule has 1 N–H and O–H groups in total. The standard InChI is InChI=1S/C13H14N2/c1-2-4-13-11(3-1)7-12(9-15-13)14-8-10-5-6-10/h1-4,7,9-10,14H,5-6,8H2. The summed E-state index contributed by atoms with van der Waals surface area (Å²) in [6, 6.07) is 10.4. The molecular formula is C13H14N2. The Hall–Kier alpha value is -1.57. The predicted octanol–water partition coefficient (Wildman–Crippen LogP) is 3.06. The average molecular weight is 198 g/mol. The van der Waals surface area contributed by atoms with Crippen LogP contribution in [0.25, 0.3) is 10.9 Å². The predicted molar refractivity (Wildman–Crippen MR) is 63.0 cm³/mol. The van der Waals surface area contributed by atoms with E-state index in [1.165, 1.54) is 18.2 Å². The molecule has 2 heteroatoms. The Morgan fingerprint density at radius 1 is 1.27 bits per heavy atom. The lowest BCUT2D eigenvalue weighted by Gasteiger charge is -2.05. The number of aromatic nitrogens is 1. The van der Waals surface area contributed by atoms with Gasteiger partial charge in [-0.1, -0.05) is 18.2 Å². The Bertz CT molecular complexity index is 475. The maximum atomic E-state index is 4.42. The molecule has 0 amide bonds. The Balaban J connectivity index is 1.84. The first-order chi connectivity index (χ1) is 7.42. The van der Waals surface area contributed by atoms with Crippen molar-refractivity contribution < 1.29 is 0 Å². The molecule has 1 aliphatic rings. The van der Waals surface area contributed by atoms with Crippen LogP contribution in [0.2, 0.25) is 0 Å². The lowest BCUT2D eigenvalue weighted by molar-refractivity contribution is 0.889. The summed E-state index contributed by atoms with van der Waals surface area (Å²) >= 11 is 0. The van der Waals surface area contributed by atoms with Gasteiger partial charge in [0.05, 0.1) is 17.4 Å². The second kappa shape index (κ2) is 3.54. The molecule has 3 rings (SSSR count). The van der Waals surface area contributed by atoms with Crippen LogP contribution < -0.4 is 5.32 Å². The fourth-order valence-corrected chi connectivity index (χ4v) is 1.75. The van der Waals surface area contributed by atoms with E-state index in [0.717, 1.165) is 23.7 Å². The lowest BCUT2D eigenvalue weighted by atomic mass is 10.2. The normalized spacial score (nSPS) is 15.5. The number of nitrogens with one attached hydrogen (secondary N) is 1. The third-order valence-electron chi connectivity index (χ3n) is 2.88. The van der Waals surface area contributed by atoms with Gasteiger partial charge in [0.25, 0.3) is 0 Å². The summed E-state index contributed by atoms with van der Waals surface area (Å²) in [7, 11) is 0. The van der Waals surface area contributed by atoms with Gasteiger partial charge in [-0.3, -0.25) is 4.98 Å². The number of benzene rings is 1. The second-order valence-corrected chi connectivity index (χ2v) is 4.24. The summed E-state index contributed by atoms with van der Waals surface area (Å²) in [4.78, 5) is 4.42. The summed E-state index contributed by atoms with van der Waals surface area (Å²) in [6.45, 7) is 1.10. The van der Waals surface area contributed by atoms with Gasteiger partial charge in [-0.25, -0.2) is 0 Å². The van der Waals surface area contributed by atoms with Crippen molar-refractivity contribution in [2.75, 3.05) is 11.9 Å². The molecule has 76 valence electrons. The van der Waals surface area contributed by atoms with Gasteiger partial charge in [-0.15, -0.1) is 0 Å². The Labute approximate surface area is 89.3 Å². The van der Waals surface area contributed by atoms with Crippen LogP contribution in [0.1, 0.15) is 12.8 Å². The first-order valence-electron chi connectivity index (χ1n) is 5.50. The number of hydrogen-bond acceptors (Lipinski definition) is 2. The summed E-state index contributed by atoms with van der Waals surface area (Å²) in [5, 5.41) is 4.64. The fraction of sp³-hybridized carbons (Fsp3) is 0.308. The van der Waals surface area contributed by atoms with Crippen molar-refractivity contribution in [2.45, 2.75) is 12.8 Å². The molecule has 2 nitrogen and oxygen atoms in total. The molecule has 1 aromatic carbocycles. The van der Waals surface area contributed by atoms with Gasteiger partial charge in [-0.2, -0.15) is 0 Å². The maximum Gasteiger partial charge on any atom is 0.0703 e. The maximum absolute atomic E-state index is 4.42. The van der Waals surface area contributed by atoms with Crippen LogP contribution in [0.3, 0.4) is 0 Å². The smallest absolute Gasteiger partial charge is 0.0703 e. The molecule has 15 heavy (non-hydrogen) atoms. The van der Waals surface area contributed by atoms with Crippen molar-refractivity contribution >= 4 is 16.6 Å². The van der Waals surface area contributed by atoms with E-state index in [9.17, 15) is 0 Å². The fourth-order valence-electron chi connectivity index (χ4n) is 1.75. The van der Waals surface area contributed by atoms with Crippen molar-refractivity contribution in [1.82, 2.24) is 4.98 Å². The van der Waals surface area contributed by atoms with Gasteiger partial charge in [0, 0.05) is 11.9 Å². The van der Waals surface area contributed by atoms with Crippen LogP contribution in [0.4, 0.5) is 5.69 Å². The van der Waals surface area contributed by atoms with E-state index >= 15 is 0 Å². The highest BCUT2D eigenvalue weighted by Gasteiger charge is 2.20. The van der Waals surface area contributed by atoms with E-state index in [4.69, 9.17) is 0 Å². The zero-order valence-corrected chi connectivity index (χ0v) is 8.61. The highest BCUT2D eigenvalue weighted by atomic mass is 14.9. The number of nitrogens with zero attached hydrogens (tertiary/aromatic N) is 1. The zero-order valence-electron chi connectivity index (χ0n) is 8.61. The monoisotopic (exact) mass is 198 g/mol.